The minimum Gasteiger partial charge on any atom is -0.493 e. The summed E-state index contributed by atoms with van der Waals surface area (Å²) in [6.07, 6.45) is 2.29. The molecule has 1 heterocycles. The molecule has 1 N–H and O–H groups in total. The lowest BCUT2D eigenvalue weighted by Gasteiger charge is -2.08. The average Bonchev–Trinajstić information content (AvgIpc) is 3.12. The molecule has 0 saturated carbocycles. The minimum atomic E-state index is -0.619. The number of rotatable bonds is 7. The Morgan fingerprint density at radius 2 is 2.17 bits per heavy atom. The number of fused-ring (bicyclic) bond motifs is 1. The number of non-ortho nitro benzene ring substituents is 1. The maximum absolute atomic E-state index is 12.5. The van der Waals surface area contributed by atoms with Gasteiger partial charge in [0, 0.05) is 17.7 Å². The van der Waals surface area contributed by atoms with Crippen LogP contribution in [-0.4, -0.2) is 22.4 Å². The van der Waals surface area contributed by atoms with Crippen LogP contribution >= 0.6 is 11.3 Å². The first-order valence-corrected chi connectivity index (χ1v) is 9.53. The van der Waals surface area contributed by atoms with Gasteiger partial charge in [0.2, 0.25) is 0 Å². The van der Waals surface area contributed by atoms with E-state index < -0.39 is 10.8 Å². The highest BCUT2D eigenvalue weighted by molar-refractivity contribution is 7.22. The van der Waals surface area contributed by atoms with Crippen LogP contribution in [-0.2, 0) is 4.79 Å². The molecular formula is C20H16N4O4S. The zero-order chi connectivity index (χ0) is 20.8. The molecule has 1 amide bonds. The zero-order valence-electron chi connectivity index (χ0n) is 15.4. The predicted octanol–water partition coefficient (Wildman–Crippen LogP) is 4.54. The fraction of sp³-hybridized carbons (Fsp3) is 0.150. The number of ether oxygens (including phenoxy) is 1. The average molecular weight is 408 g/mol. The Hall–Kier alpha value is -3.77. The van der Waals surface area contributed by atoms with Crippen molar-refractivity contribution < 1.29 is 14.5 Å². The highest BCUT2D eigenvalue weighted by Gasteiger charge is 2.15. The van der Waals surface area contributed by atoms with Crippen molar-refractivity contribution in [3.05, 3.63) is 63.7 Å². The summed E-state index contributed by atoms with van der Waals surface area (Å²) in [5.74, 6) is -0.0338. The summed E-state index contributed by atoms with van der Waals surface area (Å²) in [4.78, 5) is 27.2. The van der Waals surface area contributed by atoms with Gasteiger partial charge in [-0.3, -0.25) is 20.2 Å². The van der Waals surface area contributed by atoms with Crippen LogP contribution in [0.2, 0.25) is 0 Å². The van der Waals surface area contributed by atoms with Gasteiger partial charge in [0.1, 0.15) is 17.4 Å². The number of nitro groups is 1. The standard InChI is InChI=1S/C20H16N4O4S/c1-2-9-28-17-6-4-3-5-13(17)10-14(12-21)19(25)23-20-22-16-8-7-15(24(26)27)11-18(16)29-20/h3-8,10-11H,2,9H2,1H3,(H,22,23,25)/b14-10+. The molecular weight excluding hydrogens is 392 g/mol. The highest BCUT2D eigenvalue weighted by atomic mass is 32.1. The third-order valence-corrected chi connectivity index (χ3v) is 4.78. The number of amides is 1. The Balaban J connectivity index is 1.84. The number of nitro benzene ring substituents is 1. The molecule has 0 atom stereocenters. The largest absolute Gasteiger partial charge is 0.493 e. The molecule has 3 rings (SSSR count). The van der Waals surface area contributed by atoms with Crippen molar-refractivity contribution in [3.8, 4) is 11.8 Å². The topological polar surface area (TPSA) is 118 Å². The van der Waals surface area contributed by atoms with Crippen molar-refractivity contribution in [3.63, 3.8) is 0 Å². The summed E-state index contributed by atoms with van der Waals surface area (Å²) >= 11 is 1.10. The normalized spacial score (nSPS) is 11.1. The fourth-order valence-electron chi connectivity index (χ4n) is 2.49. The molecule has 0 fully saturated rings. The van der Waals surface area contributed by atoms with Gasteiger partial charge in [0.15, 0.2) is 5.13 Å². The van der Waals surface area contributed by atoms with Crippen LogP contribution in [0.25, 0.3) is 16.3 Å². The molecule has 8 nitrogen and oxygen atoms in total. The molecule has 29 heavy (non-hydrogen) atoms. The molecule has 0 aliphatic rings. The SMILES string of the molecule is CCCOc1ccccc1/C=C(\C#N)C(=O)Nc1nc2ccc([N+](=O)[O-])cc2s1. The van der Waals surface area contributed by atoms with E-state index in [1.165, 1.54) is 24.3 Å². The molecule has 0 radical (unpaired) electrons. The first-order chi connectivity index (χ1) is 14.0. The lowest BCUT2D eigenvalue weighted by Crippen LogP contribution is -2.13. The molecule has 146 valence electrons. The van der Waals surface area contributed by atoms with Crippen molar-refractivity contribution in [1.29, 1.82) is 5.26 Å². The molecule has 1 aromatic heterocycles. The fourth-order valence-corrected chi connectivity index (χ4v) is 3.39. The Morgan fingerprint density at radius 3 is 2.90 bits per heavy atom. The van der Waals surface area contributed by atoms with Crippen LogP contribution in [0.3, 0.4) is 0 Å². The quantitative estimate of drug-likeness (QED) is 0.265. The lowest BCUT2D eigenvalue weighted by atomic mass is 10.1. The van der Waals surface area contributed by atoms with Crippen LogP contribution in [0.15, 0.2) is 48.0 Å². The van der Waals surface area contributed by atoms with Crippen molar-refractivity contribution in [1.82, 2.24) is 4.98 Å². The van der Waals surface area contributed by atoms with Gasteiger partial charge in [-0.1, -0.05) is 36.5 Å². The summed E-state index contributed by atoms with van der Waals surface area (Å²) < 4.78 is 6.21. The maximum Gasteiger partial charge on any atom is 0.270 e. The van der Waals surface area contributed by atoms with Gasteiger partial charge in [-0.2, -0.15) is 5.26 Å². The van der Waals surface area contributed by atoms with Gasteiger partial charge in [0.25, 0.3) is 11.6 Å². The first kappa shape index (κ1) is 20.0. The summed E-state index contributed by atoms with van der Waals surface area (Å²) in [6, 6.07) is 13.3. The number of hydrogen-bond donors (Lipinski definition) is 1. The third kappa shape index (κ3) is 4.75. The second kappa shape index (κ2) is 8.95. The van der Waals surface area contributed by atoms with Crippen molar-refractivity contribution in [2.45, 2.75) is 13.3 Å². The lowest BCUT2D eigenvalue weighted by molar-refractivity contribution is -0.384. The molecule has 0 unspecified atom stereocenters. The van der Waals surface area contributed by atoms with E-state index >= 15 is 0 Å². The van der Waals surface area contributed by atoms with Gasteiger partial charge in [-0.15, -0.1) is 0 Å². The highest BCUT2D eigenvalue weighted by Crippen LogP contribution is 2.29. The number of benzene rings is 2. The summed E-state index contributed by atoms with van der Waals surface area (Å²) in [5, 5.41) is 23.2. The number of carbonyl (C=O) groups excluding carboxylic acids is 1. The van der Waals surface area contributed by atoms with Crippen LogP contribution in [0.1, 0.15) is 18.9 Å². The Kier molecular flexibility index (Phi) is 6.16. The van der Waals surface area contributed by atoms with Gasteiger partial charge in [-0.05, 0) is 24.6 Å². The summed E-state index contributed by atoms with van der Waals surface area (Å²) in [5.41, 5.74) is 0.979. The predicted molar refractivity (Wildman–Crippen MR) is 111 cm³/mol. The summed E-state index contributed by atoms with van der Waals surface area (Å²) in [7, 11) is 0. The van der Waals surface area contributed by atoms with E-state index in [9.17, 15) is 20.2 Å². The Bertz CT molecular complexity index is 1150. The van der Waals surface area contributed by atoms with Gasteiger partial charge >= 0.3 is 0 Å². The third-order valence-electron chi connectivity index (χ3n) is 3.85. The van der Waals surface area contributed by atoms with E-state index in [4.69, 9.17) is 4.74 Å². The number of hydrogen-bond acceptors (Lipinski definition) is 7. The van der Waals surface area contributed by atoms with Gasteiger partial charge in [0.05, 0.1) is 21.7 Å². The van der Waals surface area contributed by atoms with Crippen LogP contribution in [0, 0.1) is 21.4 Å². The minimum absolute atomic E-state index is 0.0553. The number of thiazole rings is 1. The molecule has 0 bridgehead atoms. The smallest absolute Gasteiger partial charge is 0.270 e. The van der Waals surface area contributed by atoms with Gasteiger partial charge < -0.3 is 4.74 Å². The zero-order valence-corrected chi connectivity index (χ0v) is 16.2. The molecule has 0 saturated heterocycles. The van der Waals surface area contributed by atoms with Crippen molar-refractivity contribution >= 4 is 44.4 Å². The van der Waals surface area contributed by atoms with E-state index in [0.29, 0.717) is 28.1 Å². The monoisotopic (exact) mass is 408 g/mol. The van der Waals surface area contributed by atoms with E-state index in [1.54, 1.807) is 18.2 Å². The van der Waals surface area contributed by atoms with Crippen molar-refractivity contribution in [2.24, 2.45) is 0 Å². The van der Waals surface area contributed by atoms with E-state index in [1.807, 2.05) is 19.1 Å². The number of para-hydroxylation sites is 1. The maximum atomic E-state index is 12.5. The van der Waals surface area contributed by atoms with E-state index in [-0.39, 0.29) is 16.4 Å². The van der Waals surface area contributed by atoms with Crippen molar-refractivity contribution in [2.75, 3.05) is 11.9 Å². The first-order valence-electron chi connectivity index (χ1n) is 8.71. The number of nitrogens with one attached hydrogen (secondary N) is 1. The number of nitriles is 1. The second-order valence-electron chi connectivity index (χ2n) is 5.94. The molecule has 9 heteroatoms. The number of aromatic nitrogens is 1. The molecule has 0 aliphatic carbocycles. The summed E-state index contributed by atoms with van der Waals surface area (Å²) in [6.45, 7) is 2.51. The molecule has 0 spiro atoms. The van der Waals surface area contributed by atoms with Gasteiger partial charge in [-0.25, -0.2) is 4.98 Å². The molecule has 3 aromatic rings. The second-order valence-corrected chi connectivity index (χ2v) is 6.97. The molecule has 0 aliphatic heterocycles. The van der Waals surface area contributed by atoms with Crippen LogP contribution < -0.4 is 10.1 Å². The number of nitrogens with zero attached hydrogens (tertiary/aromatic N) is 3. The van der Waals surface area contributed by atoms with E-state index in [2.05, 4.69) is 10.3 Å². The van der Waals surface area contributed by atoms with E-state index in [0.717, 1.165) is 17.8 Å². The Morgan fingerprint density at radius 1 is 1.38 bits per heavy atom. The van der Waals surface area contributed by atoms with Crippen LogP contribution in [0.4, 0.5) is 10.8 Å². The Labute approximate surface area is 170 Å². The number of carbonyl (C=O) groups is 1. The van der Waals surface area contributed by atoms with Crippen LogP contribution in [0.5, 0.6) is 5.75 Å². The number of anilines is 1. The molecule has 2 aromatic carbocycles.